The van der Waals surface area contributed by atoms with Gasteiger partial charge in [0.15, 0.2) is 0 Å². The molecular formula is C16H32N2O. The normalized spacial score (nSPS) is 21.3. The van der Waals surface area contributed by atoms with Gasteiger partial charge in [0.1, 0.15) is 0 Å². The fourth-order valence-corrected chi connectivity index (χ4v) is 2.98. The van der Waals surface area contributed by atoms with Crippen molar-refractivity contribution in [1.82, 2.24) is 4.90 Å². The van der Waals surface area contributed by atoms with Crippen LogP contribution in [0.15, 0.2) is 0 Å². The van der Waals surface area contributed by atoms with Gasteiger partial charge in [-0.05, 0) is 49.5 Å². The number of hydrogen-bond acceptors (Lipinski definition) is 2. The molecule has 0 bridgehead atoms. The summed E-state index contributed by atoms with van der Waals surface area (Å²) in [5.41, 5.74) is 6.19. The number of rotatable bonds is 5. The molecule has 0 spiro atoms. The fourth-order valence-electron chi connectivity index (χ4n) is 2.98. The van der Waals surface area contributed by atoms with Crippen LogP contribution in [0.1, 0.15) is 59.8 Å². The average Bonchev–Trinajstić information content (AvgIpc) is 2.48. The first kappa shape index (κ1) is 16.5. The van der Waals surface area contributed by atoms with Crippen LogP contribution < -0.4 is 5.73 Å². The van der Waals surface area contributed by atoms with Gasteiger partial charge in [-0.3, -0.25) is 4.79 Å². The molecule has 1 fully saturated rings. The molecule has 0 saturated carbocycles. The topological polar surface area (TPSA) is 46.3 Å². The van der Waals surface area contributed by atoms with E-state index in [4.69, 9.17) is 5.73 Å². The minimum Gasteiger partial charge on any atom is -0.343 e. The Labute approximate surface area is 118 Å². The molecule has 1 heterocycles. The van der Waals surface area contributed by atoms with Crippen molar-refractivity contribution in [3.05, 3.63) is 0 Å². The molecule has 1 aliphatic heterocycles. The minimum atomic E-state index is 0.314. The van der Waals surface area contributed by atoms with Crippen molar-refractivity contribution in [1.29, 1.82) is 0 Å². The van der Waals surface area contributed by atoms with E-state index < -0.39 is 0 Å². The quantitative estimate of drug-likeness (QED) is 0.833. The zero-order valence-electron chi connectivity index (χ0n) is 13.2. The lowest BCUT2D eigenvalue weighted by molar-refractivity contribution is -0.132. The molecule has 19 heavy (non-hydrogen) atoms. The van der Waals surface area contributed by atoms with Crippen LogP contribution >= 0.6 is 0 Å². The monoisotopic (exact) mass is 268 g/mol. The summed E-state index contributed by atoms with van der Waals surface area (Å²) in [5.74, 6) is 1.28. The van der Waals surface area contributed by atoms with Crippen LogP contribution in [0.25, 0.3) is 0 Å². The third-order valence-electron chi connectivity index (χ3n) is 4.29. The maximum absolute atomic E-state index is 12.4. The first-order valence-electron chi connectivity index (χ1n) is 7.82. The van der Waals surface area contributed by atoms with Crippen LogP contribution in [0.4, 0.5) is 0 Å². The summed E-state index contributed by atoms with van der Waals surface area (Å²) < 4.78 is 0. The van der Waals surface area contributed by atoms with E-state index in [1.165, 1.54) is 6.42 Å². The van der Waals surface area contributed by atoms with Crippen molar-refractivity contribution >= 4 is 5.91 Å². The number of carbonyl (C=O) groups is 1. The lowest BCUT2D eigenvalue weighted by atomic mass is 9.85. The Morgan fingerprint density at radius 3 is 2.53 bits per heavy atom. The second-order valence-electron chi connectivity index (χ2n) is 7.33. The van der Waals surface area contributed by atoms with Gasteiger partial charge in [-0.25, -0.2) is 0 Å². The van der Waals surface area contributed by atoms with E-state index in [2.05, 4.69) is 32.6 Å². The molecule has 0 radical (unpaired) electrons. The zero-order chi connectivity index (χ0) is 14.5. The molecule has 1 amide bonds. The van der Waals surface area contributed by atoms with Crippen molar-refractivity contribution in [3.8, 4) is 0 Å². The first-order chi connectivity index (χ1) is 8.84. The predicted octanol–water partition coefficient (Wildman–Crippen LogP) is 3.04. The van der Waals surface area contributed by atoms with Gasteiger partial charge in [-0.1, -0.05) is 27.7 Å². The molecular weight excluding hydrogens is 236 g/mol. The average molecular weight is 268 g/mol. The Hall–Kier alpha value is -0.570. The maximum Gasteiger partial charge on any atom is 0.222 e. The molecule has 0 aromatic carbocycles. The van der Waals surface area contributed by atoms with Crippen molar-refractivity contribution in [2.24, 2.45) is 23.0 Å². The number of nitrogens with two attached hydrogens (primary N) is 1. The molecule has 1 rings (SSSR count). The Kier molecular flexibility index (Phi) is 6.31. The molecule has 0 aliphatic carbocycles. The van der Waals surface area contributed by atoms with Gasteiger partial charge in [0.25, 0.3) is 0 Å². The molecule has 3 heteroatoms. The van der Waals surface area contributed by atoms with E-state index in [-0.39, 0.29) is 0 Å². The number of nitrogens with zero attached hydrogens (tertiary/aromatic N) is 1. The Morgan fingerprint density at radius 1 is 1.26 bits per heavy atom. The Balaban J connectivity index is 2.48. The predicted molar refractivity (Wildman–Crippen MR) is 80.8 cm³/mol. The van der Waals surface area contributed by atoms with Crippen LogP contribution in [0.5, 0.6) is 0 Å². The van der Waals surface area contributed by atoms with Crippen molar-refractivity contribution in [2.75, 3.05) is 19.6 Å². The van der Waals surface area contributed by atoms with Crippen LogP contribution in [0, 0.1) is 17.3 Å². The smallest absolute Gasteiger partial charge is 0.222 e. The number of likely N-dealkylation sites (tertiary alicyclic amines) is 1. The lowest BCUT2D eigenvalue weighted by Crippen LogP contribution is -2.35. The first-order valence-corrected chi connectivity index (χ1v) is 7.82. The summed E-state index contributed by atoms with van der Waals surface area (Å²) in [4.78, 5) is 14.5. The van der Waals surface area contributed by atoms with E-state index in [0.29, 0.717) is 36.1 Å². The Bertz CT molecular complexity index is 286. The summed E-state index contributed by atoms with van der Waals surface area (Å²) in [6.07, 6.45) is 5.17. The minimum absolute atomic E-state index is 0.314. The molecule has 1 aliphatic rings. The molecule has 0 aromatic heterocycles. The summed E-state index contributed by atoms with van der Waals surface area (Å²) in [6.45, 7) is 11.5. The van der Waals surface area contributed by atoms with E-state index in [9.17, 15) is 4.79 Å². The number of carbonyl (C=O) groups excluding carboxylic acids is 1. The molecule has 112 valence electrons. The largest absolute Gasteiger partial charge is 0.343 e. The second kappa shape index (κ2) is 7.28. The summed E-state index contributed by atoms with van der Waals surface area (Å²) in [7, 11) is 0. The van der Waals surface area contributed by atoms with Crippen LogP contribution in [-0.2, 0) is 4.79 Å². The molecule has 3 nitrogen and oxygen atoms in total. The van der Waals surface area contributed by atoms with Gasteiger partial charge in [-0.2, -0.15) is 0 Å². The number of hydrogen-bond donors (Lipinski definition) is 1. The molecule has 1 unspecified atom stereocenters. The van der Waals surface area contributed by atoms with Crippen LogP contribution in [0.3, 0.4) is 0 Å². The summed E-state index contributed by atoms with van der Waals surface area (Å²) in [6, 6.07) is 0. The van der Waals surface area contributed by atoms with Crippen molar-refractivity contribution in [3.63, 3.8) is 0 Å². The highest BCUT2D eigenvalue weighted by Crippen LogP contribution is 2.30. The van der Waals surface area contributed by atoms with Crippen LogP contribution in [0.2, 0.25) is 0 Å². The third-order valence-corrected chi connectivity index (χ3v) is 4.29. The second-order valence-corrected chi connectivity index (χ2v) is 7.33. The van der Waals surface area contributed by atoms with Gasteiger partial charge in [0.05, 0.1) is 0 Å². The molecule has 1 atom stereocenters. The zero-order valence-corrected chi connectivity index (χ0v) is 13.2. The SMILES string of the molecule is CC(C)CC(CN)CC(=O)N1CCCC(C)(C)CC1. The van der Waals surface area contributed by atoms with E-state index in [0.717, 1.165) is 32.4 Å². The molecule has 2 N–H and O–H groups in total. The summed E-state index contributed by atoms with van der Waals surface area (Å²) >= 11 is 0. The molecule has 1 saturated heterocycles. The van der Waals surface area contributed by atoms with Gasteiger partial charge < -0.3 is 10.6 Å². The summed E-state index contributed by atoms with van der Waals surface area (Å²) in [5, 5.41) is 0. The number of amides is 1. The third kappa shape index (κ3) is 5.94. The van der Waals surface area contributed by atoms with E-state index >= 15 is 0 Å². The standard InChI is InChI=1S/C16H32N2O/c1-13(2)10-14(12-17)11-15(19)18-8-5-6-16(3,4)7-9-18/h13-14H,5-12,17H2,1-4H3. The highest BCUT2D eigenvalue weighted by Gasteiger charge is 2.26. The van der Waals surface area contributed by atoms with E-state index in [1.54, 1.807) is 0 Å². The van der Waals surface area contributed by atoms with Gasteiger partial charge in [-0.15, -0.1) is 0 Å². The Morgan fingerprint density at radius 2 is 1.95 bits per heavy atom. The van der Waals surface area contributed by atoms with Gasteiger partial charge in [0.2, 0.25) is 5.91 Å². The van der Waals surface area contributed by atoms with Gasteiger partial charge >= 0.3 is 0 Å². The fraction of sp³-hybridized carbons (Fsp3) is 0.938. The maximum atomic E-state index is 12.4. The van der Waals surface area contributed by atoms with Gasteiger partial charge in [0, 0.05) is 19.5 Å². The van der Waals surface area contributed by atoms with Crippen molar-refractivity contribution in [2.45, 2.75) is 59.8 Å². The van der Waals surface area contributed by atoms with Crippen LogP contribution in [-0.4, -0.2) is 30.4 Å². The molecule has 0 aromatic rings. The lowest BCUT2D eigenvalue weighted by Gasteiger charge is -2.25. The van der Waals surface area contributed by atoms with Crippen molar-refractivity contribution < 1.29 is 4.79 Å². The highest BCUT2D eigenvalue weighted by atomic mass is 16.2. The highest BCUT2D eigenvalue weighted by molar-refractivity contribution is 5.76. The van der Waals surface area contributed by atoms with E-state index in [1.807, 2.05) is 0 Å².